The number of amides is 1. The van der Waals surface area contributed by atoms with Crippen LogP contribution >= 0.6 is 11.6 Å². The highest BCUT2D eigenvalue weighted by molar-refractivity contribution is 6.30. The third kappa shape index (κ3) is 4.83. The van der Waals surface area contributed by atoms with Crippen molar-refractivity contribution < 1.29 is 13.6 Å². The van der Waals surface area contributed by atoms with E-state index in [9.17, 15) is 18.4 Å². The molecule has 1 amide bonds. The summed E-state index contributed by atoms with van der Waals surface area (Å²) in [4.78, 5) is 28.6. The molecule has 0 fully saturated rings. The Balaban J connectivity index is 1.82. The molecule has 0 saturated carbocycles. The Labute approximate surface area is 170 Å². The summed E-state index contributed by atoms with van der Waals surface area (Å²) in [5.41, 5.74) is 0.430. The van der Waals surface area contributed by atoms with E-state index in [1.807, 2.05) is 0 Å². The smallest absolute Gasteiger partial charge is 0.272 e. The van der Waals surface area contributed by atoms with Crippen LogP contribution in [0.1, 0.15) is 25.5 Å². The highest BCUT2D eigenvalue weighted by Gasteiger charge is 2.25. The van der Waals surface area contributed by atoms with Crippen molar-refractivity contribution in [1.82, 2.24) is 14.8 Å². The summed E-state index contributed by atoms with van der Waals surface area (Å²) in [6, 6.07) is 11.3. The van der Waals surface area contributed by atoms with Crippen molar-refractivity contribution in [2.24, 2.45) is 0 Å². The molecule has 3 rings (SSSR count). The first-order chi connectivity index (χ1) is 13.6. The van der Waals surface area contributed by atoms with E-state index in [0.717, 1.165) is 17.8 Å². The zero-order valence-electron chi connectivity index (χ0n) is 15.6. The number of nitrogens with one attached hydrogen (secondary N) is 1. The molecule has 0 spiro atoms. The number of anilines is 1. The average Bonchev–Trinajstić information content (AvgIpc) is 2.67. The first kappa shape index (κ1) is 20.6. The van der Waals surface area contributed by atoms with Gasteiger partial charge in [0.1, 0.15) is 11.9 Å². The van der Waals surface area contributed by atoms with Crippen LogP contribution in [-0.4, -0.2) is 20.7 Å². The number of rotatable bonds is 5. The van der Waals surface area contributed by atoms with Gasteiger partial charge in [-0.05, 0) is 37.3 Å². The Morgan fingerprint density at radius 1 is 1.21 bits per heavy atom. The molecule has 150 valence electrons. The van der Waals surface area contributed by atoms with Crippen LogP contribution in [-0.2, 0) is 10.7 Å². The number of benzene rings is 1. The zero-order chi connectivity index (χ0) is 21.2. The minimum Gasteiger partial charge on any atom is -0.309 e. The second-order valence-corrected chi connectivity index (χ2v) is 6.93. The first-order valence-corrected chi connectivity index (χ1v) is 9.04. The van der Waals surface area contributed by atoms with Gasteiger partial charge in [0.15, 0.2) is 0 Å². The molecule has 1 atom stereocenters. The van der Waals surface area contributed by atoms with Crippen LogP contribution in [0.25, 0.3) is 11.3 Å². The zero-order valence-corrected chi connectivity index (χ0v) is 16.3. The maximum atomic E-state index is 13.3. The molecule has 2 aromatic heterocycles. The Bertz CT molecular complexity index is 1090. The van der Waals surface area contributed by atoms with E-state index in [1.54, 1.807) is 30.3 Å². The van der Waals surface area contributed by atoms with Gasteiger partial charge < -0.3 is 5.32 Å². The molecule has 0 radical (unpaired) electrons. The van der Waals surface area contributed by atoms with Gasteiger partial charge in [-0.1, -0.05) is 23.7 Å². The maximum Gasteiger partial charge on any atom is 0.272 e. The van der Waals surface area contributed by atoms with E-state index in [1.165, 1.54) is 25.1 Å². The van der Waals surface area contributed by atoms with Crippen LogP contribution in [0, 0.1) is 0 Å². The lowest BCUT2D eigenvalue weighted by Crippen LogP contribution is -2.33. The maximum absolute atomic E-state index is 13.3. The van der Waals surface area contributed by atoms with E-state index >= 15 is 0 Å². The van der Waals surface area contributed by atoms with Crippen molar-refractivity contribution >= 4 is 23.3 Å². The molecule has 2 heterocycles. The Kier molecular flexibility index (Phi) is 5.74. The van der Waals surface area contributed by atoms with Gasteiger partial charge >= 0.3 is 0 Å². The van der Waals surface area contributed by atoms with Gasteiger partial charge in [-0.2, -0.15) is 5.10 Å². The molecule has 0 aliphatic heterocycles. The van der Waals surface area contributed by atoms with Crippen LogP contribution in [0.2, 0.25) is 5.02 Å². The summed E-state index contributed by atoms with van der Waals surface area (Å²) in [6.07, 6.45) is 0.991. The molecule has 3 aromatic rings. The molecule has 1 aromatic carbocycles. The SMILES string of the molecule is CC(C(=O)Nc1ccc(C(C)(F)F)cn1)n1nc(-c2cccc(Cl)c2)ccc1=O. The molecule has 0 aliphatic carbocycles. The largest absolute Gasteiger partial charge is 0.309 e. The summed E-state index contributed by atoms with van der Waals surface area (Å²) in [5, 5.41) is 7.27. The molecule has 29 heavy (non-hydrogen) atoms. The van der Waals surface area contributed by atoms with Gasteiger partial charge in [0.05, 0.1) is 5.69 Å². The molecule has 1 unspecified atom stereocenters. The number of hydrogen-bond acceptors (Lipinski definition) is 4. The highest BCUT2D eigenvalue weighted by Crippen LogP contribution is 2.26. The highest BCUT2D eigenvalue weighted by atomic mass is 35.5. The fourth-order valence-electron chi connectivity index (χ4n) is 2.57. The van der Waals surface area contributed by atoms with Crippen molar-refractivity contribution in [1.29, 1.82) is 0 Å². The van der Waals surface area contributed by atoms with E-state index in [4.69, 9.17) is 11.6 Å². The van der Waals surface area contributed by atoms with Crippen LogP contribution in [0.15, 0.2) is 59.5 Å². The van der Waals surface area contributed by atoms with Crippen molar-refractivity contribution in [3.8, 4) is 11.3 Å². The molecule has 6 nitrogen and oxygen atoms in total. The summed E-state index contributed by atoms with van der Waals surface area (Å²) in [5.74, 6) is -3.50. The fraction of sp³-hybridized carbons (Fsp3) is 0.200. The third-order valence-corrected chi connectivity index (χ3v) is 4.45. The number of halogens is 3. The number of aromatic nitrogens is 3. The molecular formula is C20H17ClF2N4O2. The predicted molar refractivity (Wildman–Crippen MR) is 106 cm³/mol. The summed E-state index contributed by atoms with van der Waals surface area (Å²) < 4.78 is 27.6. The van der Waals surface area contributed by atoms with Crippen LogP contribution in [0.4, 0.5) is 14.6 Å². The summed E-state index contributed by atoms with van der Waals surface area (Å²) in [6.45, 7) is 2.26. The average molecular weight is 419 g/mol. The number of nitrogens with zero attached hydrogens (tertiary/aromatic N) is 3. The van der Waals surface area contributed by atoms with Gasteiger partial charge in [0.25, 0.3) is 11.5 Å². The van der Waals surface area contributed by atoms with Crippen molar-refractivity contribution in [3.63, 3.8) is 0 Å². The lowest BCUT2D eigenvalue weighted by Gasteiger charge is -2.15. The van der Waals surface area contributed by atoms with E-state index in [-0.39, 0.29) is 11.4 Å². The predicted octanol–water partition coefficient (Wildman–Crippen LogP) is 4.27. The van der Waals surface area contributed by atoms with Crippen LogP contribution in [0.3, 0.4) is 0 Å². The molecule has 0 aliphatic rings. The molecule has 1 N–H and O–H groups in total. The quantitative estimate of drug-likeness (QED) is 0.671. The topological polar surface area (TPSA) is 76.9 Å². The normalized spacial score (nSPS) is 12.4. The van der Waals surface area contributed by atoms with Crippen molar-refractivity contribution in [2.45, 2.75) is 25.8 Å². The molecule has 9 heteroatoms. The Morgan fingerprint density at radius 2 is 1.97 bits per heavy atom. The lowest BCUT2D eigenvalue weighted by atomic mass is 10.1. The molecular weight excluding hydrogens is 402 g/mol. The lowest BCUT2D eigenvalue weighted by molar-refractivity contribution is -0.119. The van der Waals surface area contributed by atoms with E-state index in [0.29, 0.717) is 16.3 Å². The Morgan fingerprint density at radius 3 is 2.59 bits per heavy atom. The summed E-state index contributed by atoms with van der Waals surface area (Å²) in [7, 11) is 0. The van der Waals surface area contributed by atoms with Crippen molar-refractivity contribution in [2.75, 3.05) is 5.32 Å². The fourth-order valence-corrected chi connectivity index (χ4v) is 2.76. The van der Waals surface area contributed by atoms with Gasteiger partial charge in [-0.15, -0.1) is 0 Å². The monoisotopic (exact) mass is 418 g/mol. The number of carbonyl (C=O) groups is 1. The third-order valence-electron chi connectivity index (χ3n) is 4.21. The van der Waals surface area contributed by atoms with E-state index < -0.39 is 23.4 Å². The van der Waals surface area contributed by atoms with Gasteiger partial charge in [0, 0.05) is 35.3 Å². The second kappa shape index (κ2) is 8.08. The van der Waals surface area contributed by atoms with Gasteiger partial charge in [-0.25, -0.2) is 18.4 Å². The van der Waals surface area contributed by atoms with Crippen molar-refractivity contribution in [3.05, 3.63) is 75.7 Å². The van der Waals surface area contributed by atoms with Crippen LogP contribution < -0.4 is 10.9 Å². The standard InChI is InChI=1S/C20H17ClF2N4O2/c1-12(19(29)25-17-8-6-14(11-24-17)20(2,22)23)27-18(28)9-7-16(26-27)13-4-3-5-15(21)10-13/h3-12H,1-2H3,(H,24,25,29). The number of hydrogen-bond donors (Lipinski definition) is 1. The number of alkyl halides is 2. The Hall–Kier alpha value is -3.13. The first-order valence-electron chi connectivity index (χ1n) is 8.66. The minimum atomic E-state index is -3.03. The number of carbonyl (C=O) groups excluding carboxylic acids is 1. The van der Waals surface area contributed by atoms with E-state index in [2.05, 4.69) is 15.4 Å². The van der Waals surface area contributed by atoms with Gasteiger partial charge in [0.2, 0.25) is 5.91 Å². The van der Waals surface area contributed by atoms with Crippen LogP contribution in [0.5, 0.6) is 0 Å². The second-order valence-electron chi connectivity index (χ2n) is 6.50. The molecule has 0 bridgehead atoms. The minimum absolute atomic E-state index is 0.0916. The number of pyridine rings is 1. The van der Waals surface area contributed by atoms with Gasteiger partial charge in [-0.3, -0.25) is 9.59 Å². The molecule has 0 saturated heterocycles. The summed E-state index contributed by atoms with van der Waals surface area (Å²) >= 11 is 5.99.